The highest BCUT2D eigenvalue weighted by molar-refractivity contribution is 6.00. The molecule has 132 valence electrons. The molecule has 0 aliphatic heterocycles. The fourth-order valence-corrected chi connectivity index (χ4v) is 2.89. The normalized spacial score (nSPS) is 10.6. The summed E-state index contributed by atoms with van der Waals surface area (Å²) in [6.07, 6.45) is 1.46. The Balaban J connectivity index is 2.24. The first-order valence-electron chi connectivity index (χ1n) is 8.00. The molecule has 0 fully saturated rings. The Hall–Kier alpha value is -3.41. The lowest BCUT2D eigenvalue weighted by Crippen LogP contribution is -2.20. The molecule has 0 aliphatic rings. The van der Waals surface area contributed by atoms with E-state index in [0.717, 1.165) is 11.1 Å². The minimum atomic E-state index is -0.691. The van der Waals surface area contributed by atoms with Gasteiger partial charge >= 0.3 is 11.9 Å². The van der Waals surface area contributed by atoms with Gasteiger partial charge in [-0.05, 0) is 11.1 Å². The molecule has 0 unspecified atom stereocenters. The summed E-state index contributed by atoms with van der Waals surface area (Å²) in [5.41, 5.74) is 1.86. The molecule has 1 aromatic heterocycles. The highest BCUT2D eigenvalue weighted by Gasteiger charge is 2.29. The van der Waals surface area contributed by atoms with E-state index in [1.807, 2.05) is 60.7 Å². The lowest BCUT2D eigenvalue weighted by atomic mass is 9.98. The van der Waals surface area contributed by atoms with Crippen LogP contribution in [0.25, 0.3) is 0 Å². The van der Waals surface area contributed by atoms with E-state index in [-0.39, 0.29) is 17.4 Å². The van der Waals surface area contributed by atoms with Crippen molar-refractivity contribution < 1.29 is 19.1 Å². The number of methoxy groups -OCH3 is 2. The SMILES string of the molecule is COC(=O)c1ncn(C(c2ccccc2)c2ccccc2)c1C(=O)OC. The third-order valence-electron chi connectivity index (χ3n) is 4.06. The van der Waals surface area contributed by atoms with Crippen molar-refractivity contribution in [2.75, 3.05) is 14.2 Å². The van der Waals surface area contributed by atoms with Gasteiger partial charge in [0.05, 0.1) is 26.6 Å². The second kappa shape index (κ2) is 7.65. The van der Waals surface area contributed by atoms with Crippen molar-refractivity contribution >= 4 is 11.9 Å². The van der Waals surface area contributed by atoms with E-state index < -0.39 is 11.9 Å². The fourth-order valence-electron chi connectivity index (χ4n) is 2.89. The van der Waals surface area contributed by atoms with Crippen LogP contribution in [0.3, 0.4) is 0 Å². The second-order valence-electron chi connectivity index (χ2n) is 5.56. The molecule has 2 aromatic carbocycles. The van der Waals surface area contributed by atoms with Gasteiger partial charge in [0.2, 0.25) is 0 Å². The molecular weight excluding hydrogens is 332 g/mol. The van der Waals surface area contributed by atoms with Crippen molar-refractivity contribution in [3.8, 4) is 0 Å². The van der Waals surface area contributed by atoms with E-state index in [2.05, 4.69) is 4.98 Å². The number of hydrogen-bond acceptors (Lipinski definition) is 5. The third kappa shape index (κ3) is 3.21. The Labute approximate surface area is 151 Å². The number of ether oxygens (including phenoxy) is 2. The summed E-state index contributed by atoms with van der Waals surface area (Å²) in [5.74, 6) is -1.34. The molecule has 0 aliphatic carbocycles. The highest BCUT2D eigenvalue weighted by Crippen LogP contribution is 2.29. The zero-order chi connectivity index (χ0) is 18.5. The largest absolute Gasteiger partial charge is 0.464 e. The molecule has 0 bridgehead atoms. The van der Waals surface area contributed by atoms with Gasteiger partial charge < -0.3 is 14.0 Å². The third-order valence-corrected chi connectivity index (χ3v) is 4.06. The van der Waals surface area contributed by atoms with E-state index >= 15 is 0 Å². The molecule has 3 aromatic rings. The van der Waals surface area contributed by atoms with Crippen LogP contribution < -0.4 is 0 Å². The standard InChI is InChI=1S/C20H18N2O4/c1-25-19(23)16-18(20(24)26-2)22(13-21-16)17(14-9-5-3-6-10-14)15-11-7-4-8-12-15/h3-13,17H,1-2H3. The lowest BCUT2D eigenvalue weighted by Gasteiger charge is -2.21. The summed E-state index contributed by atoms with van der Waals surface area (Å²) in [5, 5.41) is 0. The van der Waals surface area contributed by atoms with Gasteiger partial charge in [0.1, 0.15) is 0 Å². The molecule has 0 spiro atoms. The number of carbonyl (C=O) groups is 2. The topological polar surface area (TPSA) is 70.4 Å². The molecule has 0 radical (unpaired) electrons. The molecule has 0 saturated carbocycles. The highest BCUT2D eigenvalue weighted by atomic mass is 16.5. The van der Waals surface area contributed by atoms with E-state index in [9.17, 15) is 9.59 Å². The van der Waals surface area contributed by atoms with Crippen LogP contribution in [0.1, 0.15) is 38.1 Å². The zero-order valence-corrected chi connectivity index (χ0v) is 14.5. The summed E-state index contributed by atoms with van der Waals surface area (Å²) in [6.45, 7) is 0. The van der Waals surface area contributed by atoms with E-state index in [0.29, 0.717) is 0 Å². The lowest BCUT2D eigenvalue weighted by molar-refractivity contribution is 0.0543. The molecule has 3 rings (SSSR count). The van der Waals surface area contributed by atoms with Crippen LogP contribution in [0.5, 0.6) is 0 Å². The van der Waals surface area contributed by atoms with Crippen LogP contribution in [-0.2, 0) is 9.47 Å². The minimum absolute atomic E-state index is 0.0528. The van der Waals surface area contributed by atoms with Gasteiger partial charge in [-0.3, -0.25) is 0 Å². The average molecular weight is 350 g/mol. The van der Waals surface area contributed by atoms with E-state index in [4.69, 9.17) is 9.47 Å². The van der Waals surface area contributed by atoms with Gasteiger partial charge in [-0.2, -0.15) is 0 Å². The number of hydrogen-bond donors (Lipinski definition) is 0. The Morgan fingerprint density at radius 3 is 1.81 bits per heavy atom. The maximum absolute atomic E-state index is 12.4. The fraction of sp³-hybridized carbons (Fsp3) is 0.150. The number of aromatic nitrogens is 2. The first-order valence-corrected chi connectivity index (χ1v) is 8.00. The van der Waals surface area contributed by atoms with Crippen molar-refractivity contribution in [1.82, 2.24) is 9.55 Å². The second-order valence-corrected chi connectivity index (χ2v) is 5.56. The van der Waals surface area contributed by atoms with Crippen LogP contribution in [0.2, 0.25) is 0 Å². The van der Waals surface area contributed by atoms with E-state index in [1.54, 1.807) is 4.57 Å². The number of imidazole rings is 1. The van der Waals surface area contributed by atoms with Crippen molar-refractivity contribution in [2.45, 2.75) is 6.04 Å². The van der Waals surface area contributed by atoms with Gasteiger partial charge in [0, 0.05) is 0 Å². The first kappa shape index (κ1) is 17.4. The van der Waals surface area contributed by atoms with Gasteiger partial charge in [0.15, 0.2) is 11.4 Å². The summed E-state index contributed by atoms with van der Waals surface area (Å²) < 4.78 is 11.3. The minimum Gasteiger partial charge on any atom is -0.464 e. The maximum Gasteiger partial charge on any atom is 0.359 e. The monoisotopic (exact) mass is 350 g/mol. The molecule has 0 N–H and O–H groups in total. The van der Waals surface area contributed by atoms with Crippen LogP contribution in [0.15, 0.2) is 67.0 Å². The van der Waals surface area contributed by atoms with Crippen molar-refractivity contribution in [2.24, 2.45) is 0 Å². The van der Waals surface area contributed by atoms with Gasteiger partial charge in [-0.15, -0.1) is 0 Å². The van der Waals surface area contributed by atoms with Crippen molar-refractivity contribution in [3.63, 3.8) is 0 Å². The van der Waals surface area contributed by atoms with Gasteiger partial charge in [-0.25, -0.2) is 14.6 Å². The van der Waals surface area contributed by atoms with Crippen LogP contribution >= 0.6 is 0 Å². The van der Waals surface area contributed by atoms with Crippen LogP contribution in [-0.4, -0.2) is 35.7 Å². The van der Waals surface area contributed by atoms with Crippen molar-refractivity contribution in [1.29, 1.82) is 0 Å². The number of esters is 2. The molecule has 0 atom stereocenters. The van der Waals surface area contributed by atoms with E-state index in [1.165, 1.54) is 20.5 Å². The average Bonchev–Trinajstić information content (AvgIpc) is 3.13. The summed E-state index contributed by atoms with van der Waals surface area (Å²) in [4.78, 5) is 28.6. The Bertz CT molecular complexity index is 865. The molecule has 0 saturated heterocycles. The molecule has 1 heterocycles. The molecular formula is C20H18N2O4. The summed E-state index contributed by atoms with van der Waals surface area (Å²) in [6, 6.07) is 19.0. The summed E-state index contributed by atoms with van der Waals surface area (Å²) in [7, 11) is 2.51. The number of carbonyl (C=O) groups excluding carboxylic acids is 2. The number of nitrogens with zero attached hydrogens (tertiary/aromatic N) is 2. The summed E-state index contributed by atoms with van der Waals surface area (Å²) >= 11 is 0. The smallest absolute Gasteiger partial charge is 0.359 e. The molecule has 0 amide bonds. The van der Waals surface area contributed by atoms with Crippen LogP contribution in [0, 0.1) is 0 Å². The van der Waals surface area contributed by atoms with Crippen LogP contribution in [0.4, 0.5) is 0 Å². The number of rotatable bonds is 5. The van der Waals surface area contributed by atoms with Gasteiger partial charge in [-0.1, -0.05) is 60.7 Å². The molecule has 6 heteroatoms. The maximum atomic E-state index is 12.4. The Kier molecular flexibility index (Phi) is 5.12. The Morgan fingerprint density at radius 2 is 1.35 bits per heavy atom. The predicted octanol–water partition coefficient (Wildman–Crippen LogP) is 3.09. The van der Waals surface area contributed by atoms with Gasteiger partial charge in [0.25, 0.3) is 0 Å². The predicted molar refractivity (Wildman–Crippen MR) is 95.0 cm³/mol. The zero-order valence-electron chi connectivity index (χ0n) is 14.5. The quantitative estimate of drug-likeness (QED) is 0.661. The molecule has 26 heavy (non-hydrogen) atoms. The number of benzene rings is 2. The Morgan fingerprint density at radius 1 is 0.846 bits per heavy atom. The van der Waals surface area contributed by atoms with Crippen molar-refractivity contribution in [3.05, 3.63) is 89.5 Å². The molecule has 6 nitrogen and oxygen atoms in total. The first-order chi connectivity index (χ1) is 12.7.